The fourth-order valence-corrected chi connectivity index (χ4v) is 1.60. The molecule has 1 atom stereocenters. The maximum Gasteiger partial charge on any atom is 0.127 e. The molecule has 0 saturated heterocycles. The Balaban J connectivity index is 2.72. The third kappa shape index (κ3) is 3.79. The van der Waals surface area contributed by atoms with Crippen molar-refractivity contribution in [2.75, 3.05) is 12.3 Å². The van der Waals surface area contributed by atoms with Crippen molar-refractivity contribution in [3.8, 4) is 0 Å². The van der Waals surface area contributed by atoms with Gasteiger partial charge in [-0.2, -0.15) is 0 Å². The lowest BCUT2D eigenvalue weighted by Gasteiger charge is -2.27. The molecule has 0 fully saturated rings. The maximum atomic E-state index is 9.43. The van der Waals surface area contributed by atoms with Gasteiger partial charge in [-0.3, -0.25) is 4.90 Å². The summed E-state index contributed by atoms with van der Waals surface area (Å²) >= 11 is 0. The van der Waals surface area contributed by atoms with Gasteiger partial charge in [-0.05, 0) is 26.8 Å². The number of hydrogen-bond donors (Lipinski definition) is 2. The molecular formula is C12H21N3O. The molecule has 90 valence electrons. The second-order valence-electron chi connectivity index (χ2n) is 4.42. The van der Waals surface area contributed by atoms with E-state index in [4.69, 9.17) is 5.73 Å². The minimum atomic E-state index is -0.333. The highest BCUT2D eigenvalue weighted by molar-refractivity contribution is 5.38. The number of anilines is 1. The van der Waals surface area contributed by atoms with Crippen molar-refractivity contribution in [1.29, 1.82) is 0 Å². The first-order chi connectivity index (χ1) is 7.50. The predicted molar refractivity (Wildman–Crippen MR) is 65.9 cm³/mol. The van der Waals surface area contributed by atoms with Gasteiger partial charge >= 0.3 is 0 Å². The van der Waals surface area contributed by atoms with Crippen LogP contribution in [-0.2, 0) is 6.54 Å². The number of nitrogens with zero attached hydrogens (tertiary/aromatic N) is 2. The molecule has 0 amide bonds. The molecule has 0 radical (unpaired) electrons. The van der Waals surface area contributed by atoms with Crippen LogP contribution < -0.4 is 5.73 Å². The standard InChI is InChI=1S/C12H21N3O/c1-9(2)15(7-10(3)16)8-11-5-4-6-14-12(11)13/h4-6,9-10,16H,7-8H2,1-3H3,(H2,13,14). The molecule has 3 N–H and O–H groups in total. The average molecular weight is 223 g/mol. The number of aromatic nitrogens is 1. The zero-order valence-electron chi connectivity index (χ0n) is 10.2. The molecule has 4 nitrogen and oxygen atoms in total. The Kier molecular flexibility index (Phi) is 4.71. The number of nitrogen functional groups attached to an aromatic ring is 1. The van der Waals surface area contributed by atoms with Crippen LogP contribution in [-0.4, -0.2) is 33.7 Å². The molecule has 1 rings (SSSR count). The highest BCUT2D eigenvalue weighted by Gasteiger charge is 2.13. The molecular weight excluding hydrogens is 202 g/mol. The van der Waals surface area contributed by atoms with E-state index < -0.39 is 0 Å². The largest absolute Gasteiger partial charge is 0.392 e. The first-order valence-corrected chi connectivity index (χ1v) is 5.62. The van der Waals surface area contributed by atoms with Crippen LogP contribution >= 0.6 is 0 Å². The van der Waals surface area contributed by atoms with Crippen LogP contribution in [0, 0.1) is 0 Å². The summed E-state index contributed by atoms with van der Waals surface area (Å²) in [7, 11) is 0. The Hall–Kier alpha value is -1.13. The summed E-state index contributed by atoms with van der Waals surface area (Å²) in [4.78, 5) is 6.24. The van der Waals surface area contributed by atoms with Gasteiger partial charge in [-0.25, -0.2) is 4.98 Å². The number of nitrogens with two attached hydrogens (primary N) is 1. The molecule has 16 heavy (non-hydrogen) atoms. The lowest BCUT2D eigenvalue weighted by molar-refractivity contribution is 0.103. The van der Waals surface area contributed by atoms with E-state index in [1.165, 1.54) is 0 Å². The third-order valence-electron chi connectivity index (χ3n) is 2.53. The van der Waals surface area contributed by atoms with Crippen LogP contribution in [0.2, 0.25) is 0 Å². The summed E-state index contributed by atoms with van der Waals surface area (Å²) in [6, 6.07) is 4.22. The molecule has 1 aromatic heterocycles. The van der Waals surface area contributed by atoms with E-state index in [-0.39, 0.29) is 6.10 Å². The minimum absolute atomic E-state index is 0.333. The molecule has 1 aromatic rings. The zero-order valence-corrected chi connectivity index (χ0v) is 10.2. The van der Waals surface area contributed by atoms with Crippen LogP contribution in [0.3, 0.4) is 0 Å². The molecule has 0 aromatic carbocycles. The van der Waals surface area contributed by atoms with Gasteiger partial charge in [-0.1, -0.05) is 6.07 Å². The van der Waals surface area contributed by atoms with Gasteiger partial charge in [0.15, 0.2) is 0 Å². The Morgan fingerprint density at radius 3 is 2.62 bits per heavy atom. The van der Waals surface area contributed by atoms with Gasteiger partial charge in [0.1, 0.15) is 5.82 Å². The summed E-state index contributed by atoms with van der Waals surface area (Å²) in [5.41, 5.74) is 6.81. The summed E-state index contributed by atoms with van der Waals surface area (Å²) in [6.45, 7) is 7.38. The van der Waals surface area contributed by atoms with Crippen molar-refractivity contribution >= 4 is 5.82 Å². The molecule has 1 heterocycles. The molecule has 0 bridgehead atoms. The van der Waals surface area contributed by atoms with E-state index in [2.05, 4.69) is 23.7 Å². The van der Waals surface area contributed by atoms with Crippen LogP contribution in [0.1, 0.15) is 26.3 Å². The number of hydrogen-bond acceptors (Lipinski definition) is 4. The normalized spacial score (nSPS) is 13.4. The monoisotopic (exact) mass is 223 g/mol. The summed E-state index contributed by atoms with van der Waals surface area (Å²) < 4.78 is 0. The number of aliphatic hydroxyl groups is 1. The third-order valence-corrected chi connectivity index (χ3v) is 2.53. The lowest BCUT2D eigenvalue weighted by atomic mass is 10.2. The van der Waals surface area contributed by atoms with Crippen molar-refractivity contribution in [2.24, 2.45) is 0 Å². The Morgan fingerprint density at radius 2 is 2.12 bits per heavy atom. The van der Waals surface area contributed by atoms with E-state index in [0.717, 1.165) is 12.1 Å². The summed E-state index contributed by atoms with van der Waals surface area (Å²) in [5, 5.41) is 9.43. The minimum Gasteiger partial charge on any atom is -0.392 e. The predicted octanol–water partition coefficient (Wildman–Crippen LogP) is 1.25. The molecule has 1 unspecified atom stereocenters. The molecule has 0 spiro atoms. The second-order valence-corrected chi connectivity index (χ2v) is 4.42. The van der Waals surface area contributed by atoms with Gasteiger partial charge in [0.2, 0.25) is 0 Å². The van der Waals surface area contributed by atoms with Crippen LogP contribution in [0.25, 0.3) is 0 Å². The van der Waals surface area contributed by atoms with Gasteiger partial charge in [0.05, 0.1) is 6.10 Å². The number of rotatable bonds is 5. The van der Waals surface area contributed by atoms with Crippen molar-refractivity contribution in [1.82, 2.24) is 9.88 Å². The average Bonchev–Trinajstić information content (AvgIpc) is 2.19. The first-order valence-electron chi connectivity index (χ1n) is 5.62. The Morgan fingerprint density at radius 1 is 1.44 bits per heavy atom. The topological polar surface area (TPSA) is 62.4 Å². The quantitative estimate of drug-likeness (QED) is 0.788. The SMILES string of the molecule is CC(O)CN(Cc1cccnc1N)C(C)C. The molecule has 0 aliphatic heterocycles. The first kappa shape index (κ1) is 12.9. The molecule has 4 heteroatoms. The highest BCUT2D eigenvalue weighted by atomic mass is 16.3. The second kappa shape index (κ2) is 5.82. The van der Waals surface area contributed by atoms with E-state index in [1.807, 2.05) is 12.1 Å². The van der Waals surface area contributed by atoms with Crippen molar-refractivity contribution in [3.63, 3.8) is 0 Å². The Labute approximate surface area is 97.1 Å². The zero-order chi connectivity index (χ0) is 12.1. The molecule has 0 aliphatic rings. The number of aliphatic hydroxyl groups excluding tert-OH is 1. The van der Waals surface area contributed by atoms with E-state index in [1.54, 1.807) is 13.1 Å². The van der Waals surface area contributed by atoms with E-state index in [9.17, 15) is 5.11 Å². The summed E-state index contributed by atoms with van der Waals surface area (Å²) in [6.07, 6.45) is 1.35. The Bertz CT molecular complexity index is 326. The van der Waals surface area contributed by atoms with Crippen LogP contribution in [0.15, 0.2) is 18.3 Å². The lowest BCUT2D eigenvalue weighted by Crippen LogP contribution is -2.36. The van der Waals surface area contributed by atoms with Crippen molar-refractivity contribution in [2.45, 2.75) is 39.5 Å². The fourth-order valence-electron chi connectivity index (χ4n) is 1.60. The van der Waals surface area contributed by atoms with E-state index >= 15 is 0 Å². The van der Waals surface area contributed by atoms with Gasteiger partial charge in [0, 0.05) is 30.9 Å². The molecule has 0 aliphatic carbocycles. The van der Waals surface area contributed by atoms with Crippen LogP contribution in [0.4, 0.5) is 5.82 Å². The van der Waals surface area contributed by atoms with Crippen LogP contribution in [0.5, 0.6) is 0 Å². The highest BCUT2D eigenvalue weighted by Crippen LogP contribution is 2.13. The van der Waals surface area contributed by atoms with Gasteiger partial charge < -0.3 is 10.8 Å². The van der Waals surface area contributed by atoms with Gasteiger partial charge in [-0.15, -0.1) is 0 Å². The summed E-state index contributed by atoms with van der Waals surface area (Å²) in [5.74, 6) is 0.568. The van der Waals surface area contributed by atoms with Crippen molar-refractivity contribution < 1.29 is 5.11 Å². The fraction of sp³-hybridized carbons (Fsp3) is 0.583. The van der Waals surface area contributed by atoms with Crippen molar-refractivity contribution in [3.05, 3.63) is 23.9 Å². The number of pyridine rings is 1. The molecule has 0 saturated carbocycles. The van der Waals surface area contributed by atoms with E-state index in [0.29, 0.717) is 18.4 Å². The smallest absolute Gasteiger partial charge is 0.127 e. The maximum absolute atomic E-state index is 9.43. The van der Waals surface area contributed by atoms with Gasteiger partial charge in [0.25, 0.3) is 0 Å².